The Hall–Kier alpha value is -0.510. The summed E-state index contributed by atoms with van der Waals surface area (Å²) >= 11 is 11.1. The van der Waals surface area contributed by atoms with E-state index in [1.807, 2.05) is 6.07 Å². The predicted molar refractivity (Wildman–Crippen MR) is 85.0 cm³/mol. The summed E-state index contributed by atoms with van der Waals surface area (Å²) in [6.07, 6.45) is 0. The SMILES string of the molecule is Cc1cc(Br)cc(C)c1NC(C)c1ccc(Cl)s1. The van der Waals surface area contributed by atoms with Crippen LogP contribution in [0.1, 0.15) is 29.0 Å². The smallest absolute Gasteiger partial charge is 0.0932 e. The average Bonchev–Trinajstić information content (AvgIpc) is 2.70. The summed E-state index contributed by atoms with van der Waals surface area (Å²) in [6, 6.07) is 8.54. The van der Waals surface area contributed by atoms with Crippen LogP contribution in [0.5, 0.6) is 0 Å². The van der Waals surface area contributed by atoms with Crippen LogP contribution in [0.15, 0.2) is 28.7 Å². The van der Waals surface area contributed by atoms with E-state index in [2.05, 4.69) is 60.2 Å². The van der Waals surface area contributed by atoms with E-state index in [1.54, 1.807) is 11.3 Å². The molecule has 2 aromatic rings. The Morgan fingerprint density at radius 1 is 1.22 bits per heavy atom. The van der Waals surface area contributed by atoms with Crippen molar-refractivity contribution in [3.63, 3.8) is 0 Å². The van der Waals surface area contributed by atoms with Gasteiger partial charge in [0.05, 0.1) is 10.4 Å². The maximum absolute atomic E-state index is 5.98. The second kappa shape index (κ2) is 5.64. The van der Waals surface area contributed by atoms with Crippen molar-refractivity contribution in [2.75, 3.05) is 5.32 Å². The Bertz CT molecular complexity index is 542. The first-order valence-corrected chi connectivity index (χ1v) is 7.74. The molecule has 0 spiro atoms. The van der Waals surface area contributed by atoms with Crippen molar-refractivity contribution in [1.82, 2.24) is 0 Å². The van der Waals surface area contributed by atoms with Crippen LogP contribution in [0.2, 0.25) is 4.34 Å². The highest BCUT2D eigenvalue weighted by atomic mass is 79.9. The van der Waals surface area contributed by atoms with Crippen molar-refractivity contribution >= 4 is 44.6 Å². The van der Waals surface area contributed by atoms with Gasteiger partial charge in [0.1, 0.15) is 0 Å². The molecule has 0 radical (unpaired) electrons. The molecule has 2 rings (SSSR count). The zero-order valence-electron chi connectivity index (χ0n) is 10.6. The van der Waals surface area contributed by atoms with Crippen molar-refractivity contribution in [1.29, 1.82) is 0 Å². The van der Waals surface area contributed by atoms with Crippen LogP contribution < -0.4 is 5.32 Å². The Kier molecular flexibility index (Phi) is 4.36. The number of nitrogens with one attached hydrogen (secondary N) is 1. The summed E-state index contributed by atoms with van der Waals surface area (Å²) in [6.45, 7) is 6.39. The minimum absolute atomic E-state index is 0.265. The fraction of sp³-hybridized carbons (Fsp3) is 0.286. The van der Waals surface area contributed by atoms with Gasteiger partial charge >= 0.3 is 0 Å². The third kappa shape index (κ3) is 3.08. The number of aryl methyl sites for hydroxylation is 2. The van der Waals surface area contributed by atoms with Crippen molar-refractivity contribution in [2.24, 2.45) is 0 Å². The van der Waals surface area contributed by atoms with E-state index in [-0.39, 0.29) is 6.04 Å². The minimum Gasteiger partial charge on any atom is -0.377 e. The maximum atomic E-state index is 5.98. The van der Waals surface area contributed by atoms with Gasteiger partial charge in [-0.25, -0.2) is 0 Å². The first-order chi connectivity index (χ1) is 8.47. The fourth-order valence-corrected chi connectivity index (χ4v) is 3.74. The van der Waals surface area contributed by atoms with E-state index < -0.39 is 0 Å². The summed E-state index contributed by atoms with van der Waals surface area (Å²) in [5, 5.41) is 3.57. The van der Waals surface area contributed by atoms with Crippen molar-refractivity contribution < 1.29 is 0 Å². The van der Waals surface area contributed by atoms with Crippen LogP contribution in [0.25, 0.3) is 0 Å². The summed E-state index contributed by atoms with van der Waals surface area (Å²) in [5.74, 6) is 0. The number of hydrogen-bond acceptors (Lipinski definition) is 2. The van der Waals surface area contributed by atoms with Crippen molar-refractivity contribution in [2.45, 2.75) is 26.8 Å². The monoisotopic (exact) mass is 343 g/mol. The molecule has 0 amide bonds. The second-order valence-corrected chi connectivity index (χ2v) is 7.08. The van der Waals surface area contributed by atoms with Gasteiger partial charge in [0.2, 0.25) is 0 Å². The number of anilines is 1. The number of halogens is 2. The molecule has 1 unspecified atom stereocenters. The van der Waals surface area contributed by atoms with E-state index >= 15 is 0 Å². The molecule has 0 aliphatic heterocycles. The highest BCUT2D eigenvalue weighted by Crippen LogP contribution is 2.32. The van der Waals surface area contributed by atoms with Crippen molar-refractivity contribution in [3.8, 4) is 0 Å². The second-order valence-electron chi connectivity index (χ2n) is 4.42. The summed E-state index contributed by atoms with van der Waals surface area (Å²) in [4.78, 5) is 1.25. The molecule has 0 aliphatic rings. The highest BCUT2D eigenvalue weighted by Gasteiger charge is 2.11. The molecule has 18 heavy (non-hydrogen) atoms. The van der Waals surface area contributed by atoms with Gasteiger partial charge < -0.3 is 5.32 Å². The third-order valence-electron chi connectivity index (χ3n) is 2.88. The number of rotatable bonds is 3. The molecule has 1 nitrogen and oxygen atoms in total. The molecule has 1 heterocycles. The molecule has 0 saturated carbocycles. The normalized spacial score (nSPS) is 12.5. The Morgan fingerprint density at radius 3 is 2.33 bits per heavy atom. The van der Waals surface area contributed by atoms with Crippen LogP contribution in [-0.2, 0) is 0 Å². The fourth-order valence-electron chi connectivity index (χ4n) is 1.99. The molecule has 0 bridgehead atoms. The van der Waals surface area contributed by atoms with Gasteiger partial charge in [0, 0.05) is 15.0 Å². The molecule has 4 heteroatoms. The van der Waals surface area contributed by atoms with Gasteiger partial charge in [-0.3, -0.25) is 0 Å². The quantitative estimate of drug-likeness (QED) is 0.725. The van der Waals surface area contributed by atoms with Crippen LogP contribution in [-0.4, -0.2) is 0 Å². The van der Waals surface area contributed by atoms with E-state index in [4.69, 9.17) is 11.6 Å². The molecule has 0 aliphatic carbocycles. The van der Waals surface area contributed by atoms with E-state index in [1.165, 1.54) is 21.7 Å². The van der Waals surface area contributed by atoms with Crippen LogP contribution in [0.4, 0.5) is 5.69 Å². The number of hydrogen-bond donors (Lipinski definition) is 1. The highest BCUT2D eigenvalue weighted by molar-refractivity contribution is 9.10. The van der Waals surface area contributed by atoms with Gasteiger partial charge in [0.15, 0.2) is 0 Å². The van der Waals surface area contributed by atoms with E-state index in [0.717, 1.165) is 8.81 Å². The van der Waals surface area contributed by atoms with Gasteiger partial charge in [-0.15, -0.1) is 11.3 Å². The standard InChI is InChI=1S/C14H15BrClNS/c1-8-6-11(15)7-9(2)14(8)17-10(3)12-4-5-13(16)18-12/h4-7,10,17H,1-3H3. The van der Waals surface area contributed by atoms with Crippen LogP contribution in [0.3, 0.4) is 0 Å². The van der Waals surface area contributed by atoms with Crippen LogP contribution in [0, 0.1) is 13.8 Å². The Balaban J connectivity index is 2.24. The number of benzene rings is 1. The van der Waals surface area contributed by atoms with Gasteiger partial charge in [-0.05, 0) is 56.2 Å². The number of thiophene rings is 1. The lowest BCUT2D eigenvalue weighted by Crippen LogP contribution is -2.07. The minimum atomic E-state index is 0.265. The average molecular weight is 345 g/mol. The molecule has 0 fully saturated rings. The summed E-state index contributed by atoms with van der Waals surface area (Å²) < 4.78 is 1.96. The molecule has 0 saturated heterocycles. The molecule has 1 N–H and O–H groups in total. The van der Waals surface area contributed by atoms with E-state index in [0.29, 0.717) is 0 Å². The van der Waals surface area contributed by atoms with E-state index in [9.17, 15) is 0 Å². The van der Waals surface area contributed by atoms with Crippen molar-refractivity contribution in [3.05, 3.63) is 49.1 Å². The lowest BCUT2D eigenvalue weighted by atomic mass is 10.1. The molecule has 96 valence electrons. The Labute approximate surface area is 125 Å². The predicted octanol–water partition coefficient (Wildman–Crippen LogP) is 5.95. The molecular weight excluding hydrogens is 330 g/mol. The zero-order chi connectivity index (χ0) is 13.3. The van der Waals surface area contributed by atoms with Crippen LogP contribution >= 0.6 is 38.9 Å². The first-order valence-electron chi connectivity index (χ1n) is 5.76. The van der Waals surface area contributed by atoms with Gasteiger partial charge in [-0.2, -0.15) is 0 Å². The third-order valence-corrected chi connectivity index (χ3v) is 4.75. The molecule has 1 aromatic carbocycles. The van der Waals surface area contributed by atoms with Gasteiger partial charge in [-0.1, -0.05) is 27.5 Å². The summed E-state index contributed by atoms with van der Waals surface area (Å²) in [5.41, 5.74) is 3.70. The topological polar surface area (TPSA) is 12.0 Å². The zero-order valence-corrected chi connectivity index (χ0v) is 13.7. The summed E-state index contributed by atoms with van der Waals surface area (Å²) in [7, 11) is 0. The lowest BCUT2D eigenvalue weighted by molar-refractivity contribution is 0.902. The Morgan fingerprint density at radius 2 is 1.83 bits per heavy atom. The maximum Gasteiger partial charge on any atom is 0.0932 e. The largest absolute Gasteiger partial charge is 0.377 e. The van der Waals surface area contributed by atoms with Gasteiger partial charge in [0.25, 0.3) is 0 Å². The molecular formula is C14H15BrClNS. The first kappa shape index (κ1) is 13.9. The lowest BCUT2D eigenvalue weighted by Gasteiger charge is -2.18. The molecule has 1 atom stereocenters. The molecule has 1 aromatic heterocycles.